The summed E-state index contributed by atoms with van der Waals surface area (Å²) < 4.78 is 11.0. The molecular weight excluding hydrogens is 426 g/mol. The lowest BCUT2D eigenvalue weighted by molar-refractivity contribution is -0.151. The molecule has 1 aliphatic rings. The Hall–Kier alpha value is -3.88. The Bertz CT molecular complexity index is 1110. The standard InChI is InChI=1S/C29H27NO4/c1-33-29(32)26-20-25(34-19-11-14-22-12-5-2-6-13-22)21-30(26)28(31)27(23-15-7-3-8-16-23)24-17-9-4-10-18-24/h2-10,12-13,15-18,25-27H,19-21H2,1H3. The fourth-order valence-electron chi connectivity index (χ4n) is 4.27. The topological polar surface area (TPSA) is 55.8 Å². The quantitative estimate of drug-likeness (QED) is 0.418. The first-order valence-corrected chi connectivity index (χ1v) is 11.3. The fourth-order valence-corrected chi connectivity index (χ4v) is 4.27. The van der Waals surface area contributed by atoms with Gasteiger partial charge in [-0.1, -0.05) is 90.7 Å². The average Bonchev–Trinajstić information content (AvgIpc) is 3.32. The SMILES string of the molecule is COC(=O)C1CC(OCC#Cc2ccccc2)CN1C(=O)C(c1ccccc1)c1ccccc1. The van der Waals surface area contributed by atoms with E-state index in [4.69, 9.17) is 9.47 Å². The van der Waals surface area contributed by atoms with Crippen LogP contribution in [0.4, 0.5) is 0 Å². The molecule has 172 valence electrons. The van der Waals surface area contributed by atoms with E-state index in [0.29, 0.717) is 13.0 Å². The average molecular weight is 454 g/mol. The number of hydrogen-bond acceptors (Lipinski definition) is 4. The lowest BCUT2D eigenvalue weighted by Crippen LogP contribution is -2.43. The third-order valence-corrected chi connectivity index (χ3v) is 5.93. The zero-order valence-corrected chi connectivity index (χ0v) is 19.1. The number of carbonyl (C=O) groups is 2. The van der Waals surface area contributed by atoms with Gasteiger partial charge in [0, 0.05) is 18.5 Å². The molecule has 5 nitrogen and oxygen atoms in total. The number of rotatable bonds is 6. The van der Waals surface area contributed by atoms with Gasteiger partial charge in [0.25, 0.3) is 0 Å². The first-order chi connectivity index (χ1) is 16.7. The van der Waals surface area contributed by atoms with E-state index in [9.17, 15) is 9.59 Å². The minimum Gasteiger partial charge on any atom is -0.467 e. The Morgan fingerprint density at radius 1 is 0.912 bits per heavy atom. The van der Waals surface area contributed by atoms with Gasteiger partial charge in [-0.05, 0) is 23.3 Å². The second-order valence-electron chi connectivity index (χ2n) is 8.12. The van der Waals surface area contributed by atoms with Crippen molar-refractivity contribution in [3.05, 3.63) is 108 Å². The van der Waals surface area contributed by atoms with Crippen LogP contribution in [0.15, 0.2) is 91.0 Å². The fraction of sp³-hybridized carbons (Fsp3) is 0.241. The van der Waals surface area contributed by atoms with Crippen LogP contribution in [0.2, 0.25) is 0 Å². The highest BCUT2D eigenvalue weighted by Crippen LogP contribution is 2.31. The summed E-state index contributed by atoms with van der Waals surface area (Å²) >= 11 is 0. The molecule has 0 aromatic heterocycles. The summed E-state index contributed by atoms with van der Waals surface area (Å²) in [6, 6.07) is 28.2. The lowest BCUT2D eigenvalue weighted by Gasteiger charge is -2.28. The normalized spacial score (nSPS) is 17.2. The molecule has 1 amide bonds. The van der Waals surface area contributed by atoms with E-state index in [2.05, 4.69) is 11.8 Å². The van der Waals surface area contributed by atoms with E-state index < -0.39 is 17.9 Å². The van der Waals surface area contributed by atoms with Gasteiger partial charge in [-0.25, -0.2) is 4.79 Å². The minimum atomic E-state index is -0.695. The van der Waals surface area contributed by atoms with Gasteiger partial charge in [0.1, 0.15) is 12.6 Å². The summed E-state index contributed by atoms with van der Waals surface area (Å²) in [5.41, 5.74) is 2.66. The summed E-state index contributed by atoms with van der Waals surface area (Å²) in [6.45, 7) is 0.526. The molecular formula is C29H27NO4. The number of ether oxygens (including phenoxy) is 2. The van der Waals surface area contributed by atoms with Crippen molar-refractivity contribution >= 4 is 11.9 Å². The van der Waals surface area contributed by atoms with Gasteiger partial charge >= 0.3 is 5.97 Å². The maximum absolute atomic E-state index is 13.9. The molecule has 34 heavy (non-hydrogen) atoms. The van der Waals surface area contributed by atoms with E-state index in [1.807, 2.05) is 91.0 Å². The van der Waals surface area contributed by atoms with Crippen molar-refractivity contribution < 1.29 is 19.1 Å². The largest absolute Gasteiger partial charge is 0.467 e. The number of methoxy groups -OCH3 is 1. The Labute approximate surface area is 200 Å². The maximum Gasteiger partial charge on any atom is 0.328 e. The Kier molecular flexibility index (Phi) is 7.75. The Balaban J connectivity index is 1.53. The van der Waals surface area contributed by atoms with Crippen LogP contribution in [-0.2, 0) is 19.1 Å². The van der Waals surface area contributed by atoms with E-state index in [0.717, 1.165) is 16.7 Å². The molecule has 0 spiro atoms. The highest BCUT2D eigenvalue weighted by atomic mass is 16.5. The molecule has 1 heterocycles. The highest BCUT2D eigenvalue weighted by Gasteiger charge is 2.43. The summed E-state index contributed by atoms with van der Waals surface area (Å²) in [7, 11) is 1.34. The van der Waals surface area contributed by atoms with Crippen LogP contribution >= 0.6 is 0 Å². The van der Waals surface area contributed by atoms with Crippen LogP contribution < -0.4 is 0 Å². The summed E-state index contributed by atoms with van der Waals surface area (Å²) in [5.74, 6) is 4.97. The number of hydrogen-bond donors (Lipinski definition) is 0. The second-order valence-corrected chi connectivity index (χ2v) is 8.12. The smallest absolute Gasteiger partial charge is 0.328 e. The van der Waals surface area contributed by atoms with E-state index in [1.165, 1.54) is 7.11 Å². The summed E-state index contributed by atoms with van der Waals surface area (Å²) in [4.78, 5) is 28.1. The van der Waals surface area contributed by atoms with Crippen LogP contribution in [0.25, 0.3) is 0 Å². The number of amides is 1. The molecule has 2 unspecified atom stereocenters. The van der Waals surface area contributed by atoms with Crippen molar-refractivity contribution in [3.63, 3.8) is 0 Å². The van der Waals surface area contributed by atoms with Crippen molar-refractivity contribution in [3.8, 4) is 11.8 Å². The van der Waals surface area contributed by atoms with E-state index in [1.54, 1.807) is 4.90 Å². The molecule has 2 atom stereocenters. The van der Waals surface area contributed by atoms with Crippen LogP contribution in [0.1, 0.15) is 29.0 Å². The molecule has 0 N–H and O–H groups in total. The second kappa shape index (κ2) is 11.3. The van der Waals surface area contributed by atoms with Gasteiger partial charge in [-0.15, -0.1) is 0 Å². The number of carbonyl (C=O) groups excluding carboxylic acids is 2. The zero-order valence-electron chi connectivity index (χ0n) is 19.1. The number of likely N-dealkylation sites (tertiary alicyclic amines) is 1. The first-order valence-electron chi connectivity index (χ1n) is 11.3. The van der Waals surface area contributed by atoms with Crippen molar-refractivity contribution in [2.45, 2.75) is 24.5 Å². The number of nitrogens with zero attached hydrogens (tertiary/aromatic N) is 1. The molecule has 3 aromatic carbocycles. The van der Waals surface area contributed by atoms with Crippen molar-refractivity contribution in [1.29, 1.82) is 0 Å². The summed E-state index contributed by atoms with van der Waals surface area (Å²) in [6.07, 6.45) is 0.0761. The molecule has 0 bridgehead atoms. The molecule has 1 saturated heterocycles. The van der Waals surface area contributed by atoms with Crippen molar-refractivity contribution in [1.82, 2.24) is 4.90 Å². The molecule has 0 radical (unpaired) electrons. The van der Waals surface area contributed by atoms with E-state index >= 15 is 0 Å². The molecule has 4 rings (SSSR count). The Morgan fingerprint density at radius 2 is 1.47 bits per heavy atom. The molecule has 0 aliphatic carbocycles. The molecule has 1 fully saturated rings. The van der Waals surface area contributed by atoms with Crippen molar-refractivity contribution in [2.75, 3.05) is 20.3 Å². The first kappa shape index (κ1) is 23.3. The van der Waals surface area contributed by atoms with Gasteiger partial charge in [0.15, 0.2) is 0 Å². The number of esters is 1. The van der Waals surface area contributed by atoms with E-state index in [-0.39, 0.29) is 18.6 Å². The van der Waals surface area contributed by atoms with Crippen molar-refractivity contribution in [2.24, 2.45) is 0 Å². The highest BCUT2D eigenvalue weighted by molar-refractivity contribution is 5.91. The van der Waals surface area contributed by atoms with Crippen LogP contribution in [-0.4, -0.2) is 49.2 Å². The lowest BCUT2D eigenvalue weighted by atomic mass is 9.90. The number of benzene rings is 3. The van der Waals surface area contributed by atoms with Gasteiger partial charge in [0.2, 0.25) is 5.91 Å². The van der Waals surface area contributed by atoms with Crippen LogP contribution in [0.3, 0.4) is 0 Å². The molecule has 3 aromatic rings. The predicted octanol–water partition coefficient (Wildman–Crippen LogP) is 4.03. The van der Waals surface area contributed by atoms with Gasteiger partial charge in [0.05, 0.1) is 19.1 Å². The van der Waals surface area contributed by atoms with Crippen LogP contribution in [0.5, 0.6) is 0 Å². The van der Waals surface area contributed by atoms with Gasteiger partial charge in [-0.2, -0.15) is 0 Å². The third-order valence-electron chi connectivity index (χ3n) is 5.93. The van der Waals surface area contributed by atoms with Crippen LogP contribution in [0, 0.1) is 11.8 Å². The predicted molar refractivity (Wildman–Crippen MR) is 130 cm³/mol. The molecule has 1 aliphatic heterocycles. The third kappa shape index (κ3) is 5.54. The summed E-state index contributed by atoms with van der Waals surface area (Å²) in [5, 5.41) is 0. The molecule has 0 saturated carbocycles. The Morgan fingerprint density at radius 3 is 2.03 bits per heavy atom. The zero-order chi connectivity index (χ0) is 23.8. The monoisotopic (exact) mass is 453 g/mol. The maximum atomic E-state index is 13.9. The van der Waals surface area contributed by atoms with Gasteiger partial charge in [-0.3, -0.25) is 4.79 Å². The minimum absolute atomic E-state index is 0.144. The van der Waals surface area contributed by atoms with Gasteiger partial charge < -0.3 is 14.4 Å². The molecule has 5 heteroatoms.